The molecule has 5 nitrogen and oxygen atoms in total. The summed E-state index contributed by atoms with van der Waals surface area (Å²) in [5, 5.41) is 5.60. The van der Waals surface area contributed by atoms with E-state index in [0.717, 1.165) is 30.7 Å². The summed E-state index contributed by atoms with van der Waals surface area (Å²) >= 11 is 1.82. The molecule has 0 fully saturated rings. The van der Waals surface area contributed by atoms with E-state index in [1.807, 2.05) is 28.0 Å². The minimum absolute atomic E-state index is 0.126. The second-order valence-corrected chi connectivity index (χ2v) is 11.1. The topological polar surface area (TPSA) is 56.1 Å². The number of benzene rings is 3. The van der Waals surface area contributed by atoms with Gasteiger partial charge < -0.3 is 10.1 Å². The molecule has 1 N–H and O–H groups in total. The van der Waals surface area contributed by atoms with Gasteiger partial charge in [-0.15, -0.1) is 11.3 Å². The number of carbonyl (C=O) groups is 1. The minimum atomic E-state index is -0.126. The monoisotopic (exact) mass is 539 g/mol. The van der Waals surface area contributed by atoms with Gasteiger partial charge in [-0.25, -0.2) is 4.98 Å². The van der Waals surface area contributed by atoms with E-state index in [2.05, 4.69) is 78.7 Å². The number of thiophene rings is 1. The molecule has 0 aliphatic carbocycles. The zero-order chi connectivity index (χ0) is 27.0. The van der Waals surface area contributed by atoms with Crippen molar-refractivity contribution >= 4 is 37.4 Å². The lowest BCUT2D eigenvalue weighted by Crippen LogP contribution is -2.27. The molecule has 2 aromatic heterocycles. The lowest BCUT2D eigenvalue weighted by molar-refractivity contribution is 0.0872. The number of fused-ring (bicyclic) bond motifs is 3. The molecule has 0 bridgehead atoms. The van der Waals surface area contributed by atoms with Gasteiger partial charge in [-0.2, -0.15) is 0 Å². The normalized spacial score (nSPS) is 12.3. The van der Waals surface area contributed by atoms with Gasteiger partial charge in [0.25, 0.3) is 5.91 Å². The van der Waals surface area contributed by atoms with Crippen LogP contribution in [0, 0.1) is 5.92 Å². The highest BCUT2D eigenvalue weighted by Crippen LogP contribution is 2.40. The van der Waals surface area contributed by atoms with Crippen LogP contribution in [-0.4, -0.2) is 35.2 Å². The molecule has 0 spiro atoms. The summed E-state index contributed by atoms with van der Waals surface area (Å²) in [4.78, 5) is 17.3. The Labute approximate surface area is 234 Å². The molecule has 0 aliphatic heterocycles. The fourth-order valence-electron chi connectivity index (χ4n) is 5.08. The third-order valence-electron chi connectivity index (χ3n) is 7.36. The van der Waals surface area contributed by atoms with Crippen LogP contribution in [-0.2, 0) is 4.74 Å². The van der Waals surface area contributed by atoms with Crippen LogP contribution in [0.1, 0.15) is 56.4 Å². The molecular formula is C33H37N3O2S. The van der Waals surface area contributed by atoms with Gasteiger partial charge >= 0.3 is 0 Å². The Balaban J connectivity index is 1.25. The quantitative estimate of drug-likeness (QED) is 0.153. The van der Waals surface area contributed by atoms with Crippen molar-refractivity contribution in [3.63, 3.8) is 0 Å². The van der Waals surface area contributed by atoms with E-state index in [-0.39, 0.29) is 5.91 Å². The number of amides is 1. The smallest absolute Gasteiger partial charge is 0.269 e. The summed E-state index contributed by atoms with van der Waals surface area (Å²) in [6.45, 7) is 6.50. The van der Waals surface area contributed by atoms with Crippen molar-refractivity contribution in [3.05, 3.63) is 84.9 Å². The summed E-state index contributed by atoms with van der Waals surface area (Å²) in [7, 11) is 0. The van der Waals surface area contributed by atoms with Crippen LogP contribution in [0.4, 0.5) is 0 Å². The predicted molar refractivity (Wildman–Crippen MR) is 163 cm³/mol. The van der Waals surface area contributed by atoms with Crippen LogP contribution in [0.15, 0.2) is 79.3 Å². The molecule has 39 heavy (non-hydrogen) atoms. The second-order valence-electron chi connectivity index (χ2n) is 10.1. The maximum absolute atomic E-state index is 13.0. The summed E-state index contributed by atoms with van der Waals surface area (Å²) in [5.41, 5.74) is 3.75. The molecule has 5 rings (SSSR count). The van der Waals surface area contributed by atoms with Gasteiger partial charge in [-0.05, 0) is 48.1 Å². The van der Waals surface area contributed by atoms with E-state index in [1.165, 1.54) is 45.0 Å². The number of hydrogen-bond donors (Lipinski definition) is 1. The van der Waals surface area contributed by atoms with Gasteiger partial charge in [-0.3, -0.25) is 9.36 Å². The van der Waals surface area contributed by atoms with E-state index in [9.17, 15) is 4.79 Å². The van der Waals surface area contributed by atoms with E-state index in [0.29, 0.717) is 24.8 Å². The van der Waals surface area contributed by atoms with Crippen LogP contribution in [0.25, 0.3) is 37.0 Å². The summed E-state index contributed by atoms with van der Waals surface area (Å²) in [6.07, 6.45) is 9.00. The molecule has 0 saturated carbocycles. The number of unbranched alkanes of at least 4 members (excludes halogenated alkanes) is 1. The second kappa shape index (κ2) is 13.0. The van der Waals surface area contributed by atoms with Crippen LogP contribution < -0.4 is 5.32 Å². The van der Waals surface area contributed by atoms with Crippen molar-refractivity contribution < 1.29 is 9.53 Å². The van der Waals surface area contributed by atoms with Crippen molar-refractivity contribution in [3.8, 4) is 16.8 Å². The SMILES string of the molecule is CCCC[C@@H](CC)COCCCNC(=O)c1cncn1-c1cccc(-c2cccc3c2sc2ccccc23)c1. The molecule has 0 unspecified atom stereocenters. The molecular weight excluding hydrogens is 502 g/mol. The Morgan fingerprint density at radius 1 is 1.03 bits per heavy atom. The van der Waals surface area contributed by atoms with Crippen LogP contribution in [0.3, 0.4) is 0 Å². The first kappa shape index (κ1) is 27.1. The lowest BCUT2D eigenvalue weighted by Gasteiger charge is -2.14. The standard InChI is InChI=1S/C33H37N3O2S/c1-3-5-11-24(4-2)22-38-19-10-18-35-33(37)30-21-34-23-36(30)26-13-8-12-25(20-26)27-15-9-16-29-28-14-6-7-17-31(28)39-32(27)29/h6-9,12-17,20-21,23-24H,3-5,10-11,18-19,22H2,1-2H3,(H,35,37)/t24-/m1/s1. The predicted octanol–water partition coefficient (Wildman–Crippen LogP) is 8.26. The average Bonchev–Trinajstić information content (AvgIpc) is 3.62. The molecule has 202 valence electrons. The van der Waals surface area contributed by atoms with Gasteiger partial charge in [0.05, 0.1) is 12.5 Å². The summed E-state index contributed by atoms with van der Waals surface area (Å²) in [5.74, 6) is 0.509. The van der Waals surface area contributed by atoms with Gasteiger partial charge in [0.2, 0.25) is 0 Å². The highest BCUT2D eigenvalue weighted by molar-refractivity contribution is 7.26. The van der Waals surface area contributed by atoms with Gasteiger partial charge in [0, 0.05) is 45.6 Å². The van der Waals surface area contributed by atoms with E-state index >= 15 is 0 Å². The summed E-state index contributed by atoms with van der Waals surface area (Å²) in [6, 6.07) is 23.4. The molecule has 1 amide bonds. The molecule has 0 saturated heterocycles. The Kier molecular flexibility index (Phi) is 9.07. The van der Waals surface area contributed by atoms with Crippen molar-refractivity contribution in [2.75, 3.05) is 19.8 Å². The van der Waals surface area contributed by atoms with Gasteiger partial charge in [0.15, 0.2) is 0 Å². The zero-order valence-corrected chi connectivity index (χ0v) is 23.7. The Morgan fingerprint density at radius 3 is 2.74 bits per heavy atom. The number of carbonyl (C=O) groups excluding carboxylic acids is 1. The van der Waals surface area contributed by atoms with Crippen LogP contribution >= 0.6 is 11.3 Å². The zero-order valence-electron chi connectivity index (χ0n) is 22.9. The Morgan fingerprint density at radius 2 is 1.87 bits per heavy atom. The van der Waals surface area contributed by atoms with Gasteiger partial charge in [0.1, 0.15) is 5.69 Å². The van der Waals surface area contributed by atoms with Crippen molar-refractivity contribution in [2.24, 2.45) is 5.92 Å². The Bertz CT molecular complexity index is 1540. The maximum Gasteiger partial charge on any atom is 0.269 e. The Hall–Kier alpha value is -3.48. The highest BCUT2D eigenvalue weighted by atomic mass is 32.1. The fourth-order valence-corrected chi connectivity index (χ4v) is 6.32. The van der Waals surface area contributed by atoms with Crippen molar-refractivity contribution in [2.45, 2.75) is 46.0 Å². The maximum atomic E-state index is 13.0. The number of ether oxygens (including phenoxy) is 1. The molecule has 0 aliphatic rings. The van der Waals surface area contributed by atoms with Crippen molar-refractivity contribution in [1.29, 1.82) is 0 Å². The molecule has 3 aromatic carbocycles. The van der Waals surface area contributed by atoms with Crippen LogP contribution in [0.2, 0.25) is 0 Å². The van der Waals surface area contributed by atoms with E-state index < -0.39 is 0 Å². The lowest BCUT2D eigenvalue weighted by atomic mass is 10.0. The molecule has 1 atom stereocenters. The van der Waals surface area contributed by atoms with E-state index in [4.69, 9.17) is 4.74 Å². The molecule has 5 aromatic rings. The summed E-state index contributed by atoms with van der Waals surface area (Å²) < 4.78 is 10.3. The molecule has 0 radical (unpaired) electrons. The van der Waals surface area contributed by atoms with Crippen LogP contribution in [0.5, 0.6) is 0 Å². The van der Waals surface area contributed by atoms with Gasteiger partial charge in [-0.1, -0.05) is 81.6 Å². The number of rotatable bonds is 13. The largest absolute Gasteiger partial charge is 0.381 e. The first-order valence-electron chi connectivity index (χ1n) is 14.1. The third kappa shape index (κ3) is 6.23. The van der Waals surface area contributed by atoms with Crippen molar-refractivity contribution in [1.82, 2.24) is 14.9 Å². The molecule has 6 heteroatoms. The minimum Gasteiger partial charge on any atom is -0.381 e. The number of hydrogen-bond acceptors (Lipinski definition) is 4. The number of nitrogens with zero attached hydrogens (tertiary/aromatic N) is 2. The number of nitrogens with one attached hydrogen (secondary N) is 1. The third-order valence-corrected chi connectivity index (χ3v) is 8.58. The highest BCUT2D eigenvalue weighted by Gasteiger charge is 2.15. The first-order chi connectivity index (χ1) is 19.2. The first-order valence-corrected chi connectivity index (χ1v) is 14.9. The average molecular weight is 540 g/mol. The number of imidazole rings is 1. The van der Waals surface area contributed by atoms with E-state index in [1.54, 1.807) is 12.5 Å². The molecule has 2 heterocycles. The fraction of sp³-hybridized carbons (Fsp3) is 0.333. The number of aromatic nitrogens is 2.